The Morgan fingerprint density at radius 2 is 2.33 bits per heavy atom. The first-order valence-corrected chi connectivity index (χ1v) is 6.63. The molecule has 0 unspecified atom stereocenters. The number of aromatic amines is 1. The van der Waals surface area contributed by atoms with E-state index in [1.807, 2.05) is 19.9 Å². The van der Waals surface area contributed by atoms with Gasteiger partial charge in [0.2, 0.25) is 0 Å². The summed E-state index contributed by atoms with van der Waals surface area (Å²) >= 11 is 1.48. The van der Waals surface area contributed by atoms with E-state index >= 15 is 0 Å². The van der Waals surface area contributed by atoms with E-state index in [2.05, 4.69) is 15.2 Å². The molecule has 1 amide bonds. The van der Waals surface area contributed by atoms with Crippen LogP contribution in [-0.2, 0) is 13.0 Å². The van der Waals surface area contributed by atoms with Crippen LogP contribution in [0.15, 0.2) is 12.3 Å². The van der Waals surface area contributed by atoms with Crippen LogP contribution in [-0.4, -0.2) is 33.0 Å². The molecule has 1 N–H and O–H groups in total. The molecule has 0 saturated heterocycles. The fourth-order valence-corrected chi connectivity index (χ4v) is 2.67. The zero-order chi connectivity index (χ0) is 13.1. The quantitative estimate of drug-likeness (QED) is 0.918. The number of nitrogens with zero attached hydrogens (tertiary/aromatic N) is 3. The summed E-state index contributed by atoms with van der Waals surface area (Å²) in [5.74, 6) is 0.0132. The number of amides is 1. The third kappa shape index (κ3) is 2.59. The molecular weight excluding hydrogens is 248 g/mol. The van der Waals surface area contributed by atoms with Gasteiger partial charge in [0.25, 0.3) is 5.91 Å². The molecule has 18 heavy (non-hydrogen) atoms. The Bertz CT molecular complexity index is 532. The van der Waals surface area contributed by atoms with Gasteiger partial charge < -0.3 is 4.90 Å². The monoisotopic (exact) mass is 264 g/mol. The molecule has 2 rings (SSSR count). The van der Waals surface area contributed by atoms with Crippen molar-refractivity contribution in [3.63, 3.8) is 0 Å². The highest BCUT2D eigenvalue weighted by atomic mass is 32.1. The minimum absolute atomic E-state index is 0.0132. The summed E-state index contributed by atoms with van der Waals surface area (Å²) < 4.78 is 0. The molecule has 6 heteroatoms. The van der Waals surface area contributed by atoms with Crippen LogP contribution in [0.2, 0.25) is 0 Å². The Morgan fingerprint density at radius 1 is 1.56 bits per heavy atom. The third-order valence-electron chi connectivity index (χ3n) is 2.65. The lowest BCUT2D eigenvalue weighted by Crippen LogP contribution is -2.26. The average Bonchev–Trinajstić information content (AvgIpc) is 2.97. The summed E-state index contributed by atoms with van der Waals surface area (Å²) in [6, 6.07) is 1.86. The van der Waals surface area contributed by atoms with Crippen molar-refractivity contribution in [2.24, 2.45) is 0 Å². The van der Waals surface area contributed by atoms with Crippen LogP contribution >= 0.6 is 11.3 Å². The maximum Gasteiger partial charge on any atom is 0.265 e. The highest BCUT2D eigenvalue weighted by Gasteiger charge is 2.18. The van der Waals surface area contributed by atoms with Gasteiger partial charge in [0.05, 0.1) is 22.9 Å². The summed E-state index contributed by atoms with van der Waals surface area (Å²) in [7, 11) is 1.79. The number of thiazole rings is 1. The SMILES string of the molecule is CCc1nc(C)c(C(=O)N(C)Cc2ccn[nH]2)s1. The normalized spacial score (nSPS) is 10.6. The van der Waals surface area contributed by atoms with E-state index in [0.29, 0.717) is 6.54 Å². The van der Waals surface area contributed by atoms with E-state index in [1.165, 1.54) is 11.3 Å². The summed E-state index contributed by atoms with van der Waals surface area (Å²) in [6.07, 6.45) is 2.55. The van der Waals surface area contributed by atoms with Crippen LogP contribution in [0.4, 0.5) is 0 Å². The first kappa shape index (κ1) is 12.8. The van der Waals surface area contributed by atoms with Crippen molar-refractivity contribution >= 4 is 17.2 Å². The van der Waals surface area contributed by atoms with Gasteiger partial charge in [-0.15, -0.1) is 11.3 Å². The molecule has 0 aliphatic heterocycles. The van der Waals surface area contributed by atoms with Crippen LogP contribution in [0.25, 0.3) is 0 Å². The molecule has 0 saturated carbocycles. The molecule has 2 heterocycles. The third-order valence-corrected chi connectivity index (χ3v) is 3.94. The Morgan fingerprint density at radius 3 is 2.89 bits per heavy atom. The Hall–Kier alpha value is -1.69. The molecule has 96 valence electrons. The Balaban J connectivity index is 2.12. The Kier molecular flexibility index (Phi) is 3.76. The smallest absolute Gasteiger partial charge is 0.265 e. The lowest BCUT2D eigenvalue weighted by atomic mass is 10.3. The predicted octanol–water partition coefficient (Wildman–Crippen LogP) is 2.01. The topological polar surface area (TPSA) is 61.9 Å². The van der Waals surface area contributed by atoms with Crippen molar-refractivity contribution in [1.82, 2.24) is 20.1 Å². The molecule has 0 fully saturated rings. The van der Waals surface area contributed by atoms with Gasteiger partial charge in [0.1, 0.15) is 4.88 Å². The maximum atomic E-state index is 12.3. The number of H-pyrrole nitrogens is 1. The molecule has 0 aliphatic rings. The van der Waals surface area contributed by atoms with Crippen LogP contribution in [0.3, 0.4) is 0 Å². The van der Waals surface area contributed by atoms with E-state index in [-0.39, 0.29) is 5.91 Å². The first-order chi connectivity index (χ1) is 8.61. The number of carbonyl (C=O) groups excluding carboxylic acids is 1. The number of aromatic nitrogens is 3. The van der Waals surface area contributed by atoms with E-state index in [0.717, 1.165) is 27.7 Å². The largest absolute Gasteiger partial charge is 0.335 e. The summed E-state index contributed by atoms with van der Waals surface area (Å²) in [6.45, 7) is 4.45. The summed E-state index contributed by atoms with van der Waals surface area (Å²) in [5, 5.41) is 7.72. The van der Waals surface area contributed by atoms with E-state index in [1.54, 1.807) is 18.1 Å². The van der Waals surface area contributed by atoms with E-state index in [9.17, 15) is 4.79 Å². The van der Waals surface area contributed by atoms with Crippen molar-refractivity contribution in [3.05, 3.63) is 33.5 Å². The van der Waals surface area contributed by atoms with Gasteiger partial charge >= 0.3 is 0 Å². The minimum atomic E-state index is 0.0132. The van der Waals surface area contributed by atoms with Crippen LogP contribution in [0.1, 0.15) is 33.0 Å². The molecule has 5 nitrogen and oxygen atoms in total. The van der Waals surface area contributed by atoms with E-state index in [4.69, 9.17) is 0 Å². The molecule has 0 atom stereocenters. The number of aryl methyl sites for hydroxylation is 2. The van der Waals surface area contributed by atoms with Crippen molar-refractivity contribution in [2.75, 3.05) is 7.05 Å². The molecule has 0 bridgehead atoms. The number of rotatable bonds is 4. The van der Waals surface area contributed by atoms with Gasteiger partial charge in [-0.25, -0.2) is 4.98 Å². The van der Waals surface area contributed by atoms with Gasteiger partial charge in [-0.2, -0.15) is 5.10 Å². The second-order valence-electron chi connectivity index (χ2n) is 4.12. The predicted molar refractivity (Wildman–Crippen MR) is 70.6 cm³/mol. The van der Waals surface area contributed by atoms with Crippen molar-refractivity contribution in [2.45, 2.75) is 26.8 Å². The van der Waals surface area contributed by atoms with Crippen LogP contribution in [0.5, 0.6) is 0 Å². The van der Waals surface area contributed by atoms with Gasteiger partial charge in [0, 0.05) is 13.2 Å². The van der Waals surface area contributed by atoms with Gasteiger partial charge in [-0.1, -0.05) is 6.92 Å². The molecule has 0 aliphatic carbocycles. The maximum absolute atomic E-state index is 12.3. The molecule has 0 aromatic carbocycles. The second kappa shape index (κ2) is 5.30. The molecule has 0 radical (unpaired) electrons. The minimum Gasteiger partial charge on any atom is -0.335 e. The van der Waals surface area contributed by atoms with Crippen molar-refractivity contribution < 1.29 is 4.79 Å². The number of hydrogen-bond acceptors (Lipinski definition) is 4. The number of carbonyl (C=O) groups is 1. The van der Waals surface area contributed by atoms with Gasteiger partial charge in [-0.05, 0) is 19.4 Å². The molecule has 2 aromatic heterocycles. The molecular formula is C12H16N4OS. The fourth-order valence-electron chi connectivity index (χ4n) is 1.68. The lowest BCUT2D eigenvalue weighted by molar-refractivity contribution is 0.0787. The summed E-state index contributed by atoms with van der Waals surface area (Å²) in [5.41, 5.74) is 1.74. The fraction of sp³-hybridized carbons (Fsp3) is 0.417. The van der Waals surface area contributed by atoms with Gasteiger partial charge in [0.15, 0.2) is 0 Å². The average molecular weight is 264 g/mol. The Labute approximate surface area is 110 Å². The zero-order valence-corrected chi connectivity index (χ0v) is 11.5. The molecule has 2 aromatic rings. The second-order valence-corrected chi connectivity index (χ2v) is 5.20. The van der Waals surface area contributed by atoms with Gasteiger partial charge in [-0.3, -0.25) is 9.89 Å². The number of hydrogen-bond donors (Lipinski definition) is 1. The number of nitrogens with one attached hydrogen (secondary N) is 1. The zero-order valence-electron chi connectivity index (χ0n) is 10.7. The van der Waals surface area contributed by atoms with Crippen molar-refractivity contribution in [1.29, 1.82) is 0 Å². The standard InChI is InChI=1S/C12H16N4OS/c1-4-10-14-8(2)11(18-10)12(17)16(3)7-9-5-6-13-15-9/h5-6H,4,7H2,1-3H3,(H,13,15). The van der Waals surface area contributed by atoms with Crippen molar-refractivity contribution in [3.8, 4) is 0 Å². The van der Waals surface area contributed by atoms with Crippen LogP contribution in [0, 0.1) is 6.92 Å². The lowest BCUT2D eigenvalue weighted by Gasteiger charge is -2.15. The van der Waals surface area contributed by atoms with Crippen LogP contribution < -0.4 is 0 Å². The highest BCUT2D eigenvalue weighted by Crippen LogP contribution is 2.20. The highest BCUT2D eigenvalue weighted by molar-refractivity contribution is 7.13. The molecule has 0 spiro atoms. The van der Waals surface area contributed by atoms with E-state index < -0.39 is 0 Å². The first-order valence-electron chi connectivity index (χ1n) is 5.81. The summed E-state index contributed by atoms with van der Waals surface area (Å²) in [4.78, 5) is 19.1.